The molecular weight excluding hydrogens is 204 g/mol. The van der Waals surface area contributed by atoms with Gasteiger partial charge in [0.25, 0.3) is 5.56 Å². The number of H-pyrrole nitrogens is 1. The van der Waals surface area contributed by atoms with E-state index in [1.54, 1.807) is 0 Å². The molecule has 0 aromatic carbocycles. The van der Waals surface area contributed by atoms with Gasteiger partial charge in [-0.05, 0) is 12.8 Å². The number of nitrogens with zero attached hydrogens (tertiary/aromatic N) is 1. The van der Waals surface area contributed by atoms with Crippen molar-refractivity contribution in [3.63, 3.8) is 0 Å². The van der Waals surface area contributed by atoms with Crippen LogP contribution in [0.2, 0.25) is 0 Å². The van der Waals surface area contributed by atoms with Crippen molar-refractivity contribution in [3.05, 3.63) is 22.2 Å². The van der Waals surface area contributed by atoms with Crippen LogP contribution >= 0.6 is 0 Å². The summed E-state index contributed by atoms with van der Waals surface area (Å²) in [7, 11) is 0. The quantitative estimate of drug-likeness (QED) is 0.703. The number of rotatable bonds is 4. The van der Waals surface area contributed by atoms with E-state index in [9.17, 15) is 4.79 Å². The molecule has 0 unspecified atom stereocenters. The largest absolute Gasteiger partial charge is 0.363 e. The van der Waals surface area contributed by atoms with Crippen molar-refractivity contribution in [1.82, 2.24) is 9.97 Å². The Bertz CT molecular complexity index is 434. The SMILES string of the molecule is CC(C)c1nc(NC2(CN)CC2)cc(=O)[nH]1. The molecular formula is C11H18N4O. The molecule has 1 fully saturated rings. The first-order chi connectivity index (χ1) is 7.54. The lowest BCUT2D eigenvalue weighted by Crippen LogP contribution is -2.32. The van der Waals surface area contributed by atoms with Crippen molar-refractivity contribution in [1.29, 1.82) is 0 Å². The van der Waals surface area contributed by atoms with Gasteiger partial charge >= 0.3 is 0 Å². The summed E-state index contributed by atoms with van der Waals surface area (Å²) in [5.74, 6) is 1.56. The summed E-state index contributed by atoms with van der Waals surface area (Å²) in [5, 5.41) is 3.26. The third kappa shape index (κ3) is 2.24. The summed E-state index contributed by atoms with van der Waals surface area (Å²) in [6.07, 6.45) is 2.10. The summed E-state index contributed by atoms with van der Waals surface area (Å²) in [6, 6.07) is 1.49. The number of aromatic nitrogens is 2. The molecule has 88 valence electrons. The van der Waals surface area contributed by atoms with Crippen LogP contribution in [0.25, 0.3) is 0 Å². The molecule has 2 rings (SSSR count). The first kappa shape index (κ1) is 11.1. The highest BCUT2D eigenvalue weighted by atomic mass is 16.1. The minimum Gasteiger partial charge on any atom is -0.363 e. The molecule has 1 aromatic heterocycles. The predicted molar refractivity (Wildman–Crippen MR) is 63.6 cm³/mol. The van der Waals surface area contributed by atoms with E-state index in [4.69, 9.17) is 5.73 Å². The Labute approximate surface area is 94.5 Å². The zero-order valence-corrected chi connectivity index (χ0v) is 9.71. The molecule has 1 aliphatic carbocycles. The molecule has 0 radical (unpaired) electrons. The maximum Gasteiger partial charge on any atom is 0.252 e. The fraction of sp³-hybridized carbons (Fsp3) is 0.636. The van der Waals surface area contributed by atoms with Crippen LogP contribution in [-0.2, 0) is 0 Å². The van der Waals surface area contributed by atoms with Crippen LogP contribution in [0, 0.1) is 0 Å². The second kappa shape index (κ2) is 3.90. The van der Waals surface area contributed by atoms with Crippen LogP contribution < -0.4 is 16.6 Å². The normalized spacial score (nSPS) is 17.5. The second-order valence-electron chi connectivity index (χ2n) is 4.78. The van der Waals surface area contributed by atoms with Crippen molar-refractivity contribution in [2.24, 2.45) is 5.73 Å². The minimum absolute atomic E-state index is 0.0188. The Morgan fingerprint density at radius 2 is 2.31 bits per heavy atom. The molecule has 5 heteroatoms. The Balaban J connectivity index is 2.24. The van der Waals surface area contributed by atoms with Crippen LogP contribution in [0.4, 0.5) is 5.82 Å². The average Bonchev–Trinajstić information content (AvgIpc) is 2.97. The first-order valence-corrected chi connectivity index (χ1v) is 5.64. The maximum atomic E-state index is 11.4. The zero-order valence-electron chi connectivity index (χ0n) is 9.71. The molecule has 1 heterocycles. The highest BCUT2D eigenvalue weighted by Gasteiger charge is 2.41. The van der Waals surface area contributed by atoms with Gasteiger partial charge in [-0.2, -0.15) is 0 Å². The smallest absolute Gasteiger partial charge is 0.252 e. The molecule has 1 saturated carbocycles. The van der Waals surface area contributed by atoms with Gasteiger partial charge in [-0.3, -0.25) is 4.79 Å². The summed E-state index contributed by atoms with van der Waals surface area (Å²) in [6.45, 7) is 4.58. The Kier molecular flexibility index (Phi) is 2.71. The summed E-state index contributed by atoms with van der Waals surface area (Å²) in [4.78, 5) is 18.6. The highest BCUT2D eigenvalue weighted by Crippen LogP contribution is 2.37. The summed E-state index contributed by atoms with van der Waals surface area (Å²) in [5.41, 5.74) is 5.54. The lowest BCUT2D eigenvalue weighted by Gasteiger charge is -2.16. The highest BCUT2D eigenvalue weighted by molar-refractivity contribution is 5.40. The standard InChI is InChI=1S/C11H18N4O/c1-7(2)10-13-8(5-9(16)14-10)15-11(6-12)3-4-11/h5,7H,3-4,6,12H2,1-2H3,(H2,13,14,15,16). The Morgan fingerprint density at radius 1 is 1.62 bits per heavy atom. The molecule has 4 N–H and O–H groups in total. The summed E-state index contributed by atoms with van der Waals surface area (Å²) >= 11 is 0. The van der Waals surface area contributed by atoms with Crippen molar-refractivity contribution in [2.75, 3.05) is 11.9 Å². The van der Waals surface area contributed by atoms with Gasteiger partial charge in [0.1, 0.15) is 11.6 Å². The predicted octanol–water partition coefficient (Wildman–Crippen LogP) is 0.796. The average molecular weight is 222 g/mol. The third-order valence-electron chi connectivity index (χ3n) is 2.94. The second-order valence-corrected chi connectivity index (χ2v) is 4.78. The van der Waals surface area contributed by atoms with Crippen LogP contribution in [0.5, 0.6) is 0 Å². The number of nitrogens with two attached hydrogens (primary N) is 1. The molecule has 0 bridgehead atoms. The third-order valence-corrected chi connectivity index (χ3v) is 2.94. The summed E-state index contributed by atoms with van der Waals surface area (Å²) < 4.78 is 0. The maximum absolute atomic E-state index is 11.4. The van der Waals surface area contributed by atoms with Gasteiger partial charge in [0.15, 0.2) is 0 Å². The number of hydrogen-bond acceptors (Lipinski definition) is 4. The van der Waals surface area contributed by atoms with E-state index in [2.05, 4.69) is 15.3 Å². The monoisotopic (exact) mass is 222 g/mol. The number of hydrogen-bond donors (Lipinski definition) is 3. The van der Waals surface area contributed by atoms with Crippen LogP contribution in [0.1, 0.15) is 38.4 Å². The molecule has 0 spiro atoms. The van der Waals surface area contributed by atoms with Crippen molar-refractivity contribution >= 4 is 5.82 Å². The van der Waals surface area contributed by atoms with Gasteiger partial charge in [-0.15, -0.1) is 0 Å². The zero-order chi connectivity index (χ0) is 11.8. The lowest BCUT2D eigenvalue weighted by molar-refractivity contribution is 0.722. The lowest BCUT2D eigenvalue weighted by atomic mass is 10.2. The van der Waals surface area contributed by atoms with Crippen molar-refractivity contribution in [2.45, 2.75) is 38.1 Å². The van der Waals surface area contributed by atoms with Gasteiger partial charge in [0, 0.05) is 18.5 Å². The molecule has 0 atom stereocenters. The van der Waals surface area contributed by atoms with E-state index < -0.39 is 0 Å². The van der Waals surface area contributed by atoms with E-state index in [0.29, 0.717) is 18.2 Å². The molecule has 0 amide bonds. The van der Waals surface area contributed by atoms with E-state index in [1.807, 2.05) is 13.8 Å². The molecule has 1 aliphatic rings. The van der Waals surface area contributed by atoms with E-state index in [0.717, 1.165) is 12.8 Å². The van der Waals surface area contributed by atoms with E-state index >= 15 is 0 Å². The minimum atomic E-state index is -0.117. The van der Waals surface area contributed by atoms with Gasteiger partial charge in [0.05, 0.1) is 5.54 Å². The Morgan fingerprint density at radius 3 is 2.81 bits per heavy atom. The molecule has 1 aromatic rings. The Hall–Kier alpha value is -1.36. The fourth-order valence-corrected chi connectivity index (χ4v) is 1.62. The number of nitrogens with one attached hydrogen (secondary N) is 2. The topological polar surface area (TPSA) is 83.8 Å². The van der Waals surface area contributed by atoms with Crippen LogP contribution in [-0.4, -0.2) is 22.1 Å². The van der Waals surface area contributed by atoms with Gasteiger partial charge in [-0.1, -0.05) is 13.8 Å². The van der Waals surface area contributed by atoms with E-state index in [-0.39, 0.29) is 17.0 Å². The molecule has 0 saturated heterocycles. The molecule has 5 nitrogen and oxygen atoms in total. The van der Waals surface area contributed by atoms with E-state index in [1.165, 1.54) is 6.07 Å². The molecule has 16 heavy (non-hydrogen) atoms. The van der Waals surface area contributed by atoms with Gasteiger partial charge in [0.2, 0.25) is 0 Å². The van der Waals surface area contributed by atoms with Crippen LogP contribution in [0.3, 0.4) is 0 Å². The number of aromatic amines is 1. The van der Waals surface area contributed by atoms with Gasteiger partial charge < -0.3 is 16.0 Å². The van der Waals surface area contributed by atoms with Crippen molar-refractivity contribution in [3.8, 4) is 0 Å². The first-order valence-electron chi connectivity index (χ1n) is 5.64. The van der Waals surface area contributed by atoms with Crippen LogP contribution in [0.15, 0.2) is 10.9 Å². The molecule has 0 aliphatic heterocycles. The van der Waals surface area contributed by atoms with Gasteiger partial charge in [-0.25, -0.2) is 4.98 Å². The fourth-order valence-electron chi connectivity index (χ4n) is 1.62. The number of anilines is 1. The van der Waals surface area contributed by atoms with Crippen molar-refractivity contribution < 1.29 is 0 Å².